The molecular formula is C11H18N4O5S. The van der Waals surface area contributed by atoms with Crippen LogP contribution < -0.4 is 16.4 Å². The Balaban J connectivity index is 2.13. The van der Waals surface area contributed by atoms with Crippen LogP contribution in [-0.4, -0.2) is 58.1 Å². The lowest BCUT2D eigenvalue weighted by molar-refractivity contribution is -0.171. The topological polar surface area (TPSA) is 142 Å². The Bertz CT molecular complexity index is 431. The highest BCUT2D eigenvalue weighted by atomic mass is 32.2. The standard InChI is InChI=1S/C11H18N4O5S/c12-6-14-8(16)1-3-13-9(17)2-4-21-7-5-10(18)15(20)11(7)19/h7,20H,1-6,12H2,(H,13,17)(H,14,16). The van der Waals surface area contributed by atoms with Gasteiger partial charge in [0.1, 0.15) is 0 Å². The molecule has 21 heavy (non-hydrogen) atoms. The van der Waals surface area contributed by atoms with E-state index >= 15 is 0 Å². The largest absolute Gasteiger partial charge is 0.356 e. The Kier molecular flexibility index (Phi) is 7.12. The van der Waals surface area contributed by atoms with Gasteiger partial charge in [0.2, 0.25) is 11.8 Å². The molecule has 0 aromatic carbocycles. The number of nitrogens with one attached hydrogen (secondary N) is 2. The zero-order chi connectivity index (χ0) is 15.8. The summed E-state index contributed by atoms with van der Waals surface area (Å²) in [6.07, 6.45) is 0.249. The number of thioether (sulfide) groups is 1. The monoisotopic (exact) mass is 318 g/mol. The van der Waals surface area contributed by atoms with E-state index in [4.69, 9.17) is 10.9 Å². The van der Waals surface area contributed by atoms with Crippen molar-refractivity contribution in [3.05, 3.63) is 0 Å². The van der Waals surface area contributed by atoms with Gasteiger partial charge in [-0.15, -0.1) is 11.8 Å². The fraction of sp³-hybridized carbons (Fsp3) is 0.636. The van der Waals surface area contributed by atoms with E-state index in [0.717, 1.165) is 11.8 Å². The molecule has 9 nitrogen and oxygen atoms in total. The highest BCUT2D eigenvalue weighted by Crippen LogP contribution is 2.24. The molecule has 1 rings (SSSR count). The van der Waals surface area contributed by atoms with Gasteiger partial charge < -0.3 is 16.4 Å². The zero-order valence-corrected chi connectivity index (χ0v) is 12.1. The highest BCUT2D eigenvalue weighted by Gasteiger charge is 2.38. The molecule has 1 fully saturated rings. The quantitative estimate of drug-likeness (QED) is 0.234. The van der Waals surface area contributed by atoms with Gasteiger partial charge in [0.05, 0.1) is 18.3 Å². The molecule has 4 amide bonds. The molecule has 0 aliphatic carbocycles. The summed E-state index contributed by atoms with van der Waals surface area (Å²) in [5, 5.41) is 13.5. The summed E-state index contributed by atoms with van der Waals surface area (Å²) >= 11 is 1.15. The Labute approximate surface area is 125 Å². The fourth-order valence-corrected chi connectivity index (χ4v) is 2.71. The van der Waals surface area contributed by atoms with Gasteiger partial charge in [0, 0.05) is 25.1 Å². The maximum absolute atomic E-state index is 11.5. The second-order valence-corrected chi connectivity index (χ2v) is 5.57. The SMILES string of the molecule is NCNC(=O)CCNC(=O)CCSC1CC(=O)N(O)C1=O. The van der Waals surface area contributed by atoms with Crippen LogP contribution in [0.25, 0.3) is 0 Å². The lowest BCUT2D eigenvalue weighted by Crippen LogP contribution is -2.33. The van der Waals surface area contributed by atoms with Crippen LogP contribution in [-0.2, 0) is 19.2 Å². The van der Waals surface area contributed by atoms with E-state index in [1.807, 2.05) is 0 Å². The number of hydroxylamine groups is 2. The first-order chi connectivity index (χ1) is 9.95. The van der Waals surface area contributed by atoms with Crippen LogP contribution in [0.4, 0.5) is 0 Å². The first kappa shape index (κ1) is 17.4. The molecule has 0 spiro atoms. The smallest absolute Gasteiger partial charge is 0.266 e. The Morgan fingerprint density at radius 2 is 1.95 bits per heavy atom. The molecule has 1 saturated heterocycles. The van der Waals surface area contributed by atoms with Gasteiger partial charge in [-0.3, -0.25) is 24.4 Å². The van der Waals surface area contributed by atoms with Crippen molar-refractivity contribution in [2.75, 3.05) is 19.0 Å². The first-order valence-corrected chi connectivity index (χ1v) is 7.41. The van der Waals surface area contributed by atoms with E-state index in [-0.39, 0.29) is 49.4 Å². The highest BCUT2D eigenvalue weighted by molar-refractivity contribution is 8.00. The van der Waals surface area contributed by atoms with Crippen LogP contribution >= 0.6 is 11.8 Å². The van der Waals surface area contributed by atoms with Gasteiger partial charge in [-0.2, -0.15) is 5.06 Å². The van der Waals surface area contributed by atoms with Crippen molar-refractivity contribution in [2.24, 2.45) is 5.73 Å². The summed E-state index contributed by atoms with van der Waals surface area (Å²) in [6, 6.07) is 0. The first-order valence-electron chi connectivity index (χ1n) is 6.36. The maximum atomic E-state index is 11.5. The van der Waals surface area contributed by atoms with E-state index in [1.54, 1.807) is 0 Å². The van der Waals surface area contributed by atoms with Crippen LogP contribution in [0, 0.1) is 0 Å². The van der Waals surface area contributed by atoms with Crippen molar-refractivity contribution >= 4 is 35.4 Å². The third-order valence-corrected chi connectivity index (χ3v) is 3.91. The number of nitrogens with zero attached hydrogens (tertiary/aromatic N) is 1. The van der Waals surface area contributed by atoms with Gasteiger partial charge in [-0.25, -0.2) is 0 Å². The van der Waals surface area contributed by atoms with E-state index in [9.17, 15) is 19.2 Å². The van der Waals surface area contributed by atoms with Crippen LogP contribution in [0.1, 0.15) is 19.3 Å². The van der Waals surface area contributed by atoms with Crippen molar-refractivity contribution in [1.82, 2.24) is 15.7 Å². The zero-order valence-electron chi connectivity index (χ0n) is 11.3. The lowest BCUT2D eigenvalue weighted by Gasteiger charge is -2.08. The average molecular weight is 318 g/mol. The Hall–Kier alpha value is -1.65. The molecule has 0 bridgehead atoms. The second kappa shape index (κ2) is 8.60. The number of rotatable bonds is 8. The van der Waals surface area contributed by atoms with Gasteiger partial charge in [0.25, 0.3) is 11.8 Å². The number of carbonyl (C=O) groups is 4. The van der Waals surface area contributed by atoms with E-state index in [1.165, 1.54) is 0 Å². The predicted molar refractivity (Wildman–Crippen MR) is 73.9 cm³/mol. The minimum absolute atomic E-state index is 0.0547. The molecule has 1 aliphatic rings. The number of carbonyl (C=O) groups excluding carboxylic acids is 4. The minimum atomic E-state index is -0.649. The predicted octanol–water partition coefficient (Wildman–Crippen LogP) is -1.83. The summed E-state index contributed by atoms with van der Waals surface area (Å²) in [5.74, 6) is -1.43. The molecule has 1 aliphatic heterocycles. The van der Waals surface area contributed by atoms with Gasteiger partial charge in [-0.1, -0.05) is 0 Å². The Morgan fingerprint density at radius 1 is 1.29 bits per heavy atom. The number of hydrogen-bond acceptors (Lipinski definition) is 7. The third-order valence-electron chi connectivity index (χ3n) is 2.70. The molecule has 1 heterocycles. The second-order valence-electron chi connectivity index (χ2n) is 4.26. The van der Waals surface area contributed by atoms with Gasteiger partial charge >= 0.3 is 0 Å². The van der Waals surface area contributed by atoms with Gasteiger partial charge in [-0.05, 0) is 0 Å². The van der Waals surface area contributed by atoms with Crippen molar-refractivity contribution < 1.29 is 24.4 Å². The summed E-state index contributed by atoms with van der Waals surface area (Å²) in [4.78, 5) is 45.0. The number of amides is 4. The summed E-state index contributed by atoms with van der Waals surface area (Å²) in [5.41, 5.74) is 5.12. The number of nitrogens with two attached hydrogens (primary N) is 1. The Morgan fingerprint density at radius 3 is 2.52 bits per heavy atom. The van der Waals surface area contributed by atoms with Crippen molar-refractivity contribution in [3.8, 4) is 0 Å². The molecule has 118 valence electrons. The molecule has 0 aromatic heterocycles. The molecule has 0 radical (unpaired) electrons. The van der Waals surface area contributed by atoms with Crippen LogP contribution in [0.2, 0.25) is 0 Å². The third kappa shape index (κ3) is 5.69. The average Bonchev–Trinajstić information content (AvgIpc) is 2.67. The van der Waals surface area contributed by atoms with Crippen molar-refractivity contribution in [3.63, 3.8) is 0 Å². The molecule has 1 unspecified atom stereocenters. The van der Waals surface area contributed by atoms with Crippen molar-refractivity contribution in [1.29, 1.82) is 0 Å². The lowest BCUT2D eigenvalue weighted by atomic mass is 10.3. The fourth-order valence-electron chi connectivity index (χ4n) is 1.62. The molecule has 0 saturated carbocycles. The summed E-state index contributed by atoms with van der Waals surface area (Å²) < 4.78 is 0. The molecule has 0 aromatic rings. The summed E-state index contributed by atoms with van der Waals surface area (Å²) in [6.45, 7) is 0.264. The molecule has 1 atom stereocenters. The van der Waals surface area contributed by atoms with Crippen molar-refractivity contribution in [2.45, 2.75) is 24.5 Å². The normalized spacial score (nSPS) is 18.0. The minimum Gasteiger partial charge on any atom is -0.356 e. The molecule has 10 heteroatoms. The summed E-state index contributed by atoms with van der Waals surface area (Å²) in [7, 11) is 0. The maximum Gasteiger partial charge on any atom is 0.266 e. The van der Waals surface area contributed by atoms with Crippen LogP contribution in [0.3, 0.4) is 0 Å². The van der Waals surface area contributed by atoms with E-state index in [0.29, 0.717) is 5.75 Å². The molecule has 5 N–H and O–H groups in total. The van der Waals surface area contributed by atoms with Crippen LogP contribution in [0.15, 0.2) is 0 Å². The molecular weight excluding hydrogens is 300 g/mol. The van der Waals surface area contributed by atoms with E-state index < -0.39 is 17.1 Å². The van der Waals surface area contributed by atoms with E-state index in [2.05, 4.69) is 10.6 Å². The van der Waals surface area contributed by atoms with Crippen LogP contribution in [0.5, 0.6) is 0 Å². The number of hydrogen-bond donors (Lipinski definition) is 4. The number of imide groups is 1. The van der Waals surface area contributed by atoms with Gasteiger partial charge in [0.15, 0.2) is 0 Å².